The van der Waals surface area contributed by atoms with Gasteiger partial charge in [0.05, 0.1) is 7.11 Å². The third-order valence-electron chi connectivity index (χ3n) is 4.90. The number of ketones is 1. The average molecular weight is 316 g/mol. The van der Waals surface area contributed by atoms with E-state index in [4.69, 9.17) is 9.47 Å². The van der Waals surface area contributed by atoms with Gasteiger partial charge in [0.15, 0.2) is 10.9 Å². The van der Waals surface area contributed by atoms with Gasteiger partial charge in [0.1, 0.15) is 11.9 Å². The maximum absolute atomic E-state index is 12.9. The van der Waals surface area contributed by atoms with Crippen molar-refractivity contribution in [3.63, 3.8) is 0 Å². The fourth-order valence-corrected chi connectivity index (χ4v) is 5.14. The first-order chi connectivity index (χ1) is 10.8. The smallest absolute Gasteiger partial charge is 0.193 e. The maximum Gasteiger partial charge on any atom is 0.193 e. The monoisotopic (exact) mass is 316 g/mol. The van der Waals surface area contributed by atoms with Crippen molar-refractivity contribution < 1.29 is 14.3 Å². The second-order valence-electron chi connectivity index (χ2n) is 6.18. The number of Topliss-reactive ketones (excluding diaryl/α,β-unsaturated/α-hetero) is 1. The van der Waals surface area contributed by atoms with Gasteiger partial charge >= 0.3 is 0 Å². The number of thioether (sulfide) groups is 1. The van der Waals surface area contributed by atoms with Crippen molar-refractivity contribution in [2.75, 3.05) is 7.11 Å². The largest absolute Gasteiger partial charge is 0.496 e. The normalized spacial score (nSPS) is 30.5. The molecule has 1 heterocycles. The number of hydrogen-bond acceptors (Lipinski definition) is 4. The van der Waals surface area contributed by atoms with E-state index in [1.165, 1.54) is 19.3 Å². The molecule has 2 aliphatic carbocycles. The topological polar surface area (TPSA) is 35.5 Å². The van der Waals surface area contributed by atoms with Crippen molar-refractivity contribution in [3.05, 3.63) is 40.0 Å². The molecule has 1 saturated carbocycles. The summed E-state index contributed by atoms with van der Waals surface area (Å²) in [4.78, 5) is 12.9. The molecule has 4 heteroatoms. The van der Waals surface area contributed by atoms with Crippen LogP contribution in [0.25, 0.3) is 0 Å². The van der Waals surface area contributed by atoms with E-state index < -0.39 is 0 Å². The van der Waals surface area contributed by atoms with Gasteiger partial charge in [-0.1, -0.05) is 30.3 Å². The van der Waals surface area contributed by atoms with E-state index in [-0.39, 0.29) is 5.78 Å². The van der Waals surface area contributed by atoms with Crippen LogP contribution in [-0.2, 0) is 11.2 Å². The second kappa shape index (κ2) is 5.65. The Labute approximate surface area is 135 Å². The average Bonchev–Trinajstić information content (AvgIpc) is 2.98. The molecule has 2 atom stereocenters. The number of methoxy groups -OCH3 is 1. The standard InChI is InChI=1S/C18H20O3S/c1-20-14-7-4-5-12-11(14)9-10-13(17(12)19)18-21-15-6-2-3-8-16(15)22-18/h4-5,7,15-16H,2-3,6,8-10H2,1H3/b18-13-/t15?,16-/m0/s1. The summed E-state index contributed by atoms with van der Waals surface area (Å²) in [5.74, 6) is 0.949. The number of allylic oxidation sites excluding steroid dienone is 1. The fourth-order valence-electron chi connectivity index (χ4n) is 3.73. The zero-order valence-corrected chi connectivity index (χ0v) is 13.6. The predicted octanol–water partition coefficient (Wildman–Crippen LogP) is 4.11. The molecule has 0 N–H and O–H groups in total. The lowest BCUT2D eigenvalue weighted by Gasteiger charge is -2.22. The Balaban J connectivity index is 1.67. The molecule has 22 heavy (non-hydrogen) atoms. The maximum atomic E-state index is 12.9. The Morgan fingerprint density at radius 2 is 2.09 bits per heavy atom. The van der Waals surface area contributed by atoms with Crippen molar-refractivity contribution in [2.45, 2.75) is 49.9 Å². The summed E-state index contributed by atoms with van der Waals surface area (Å²) in [6, 6.07) is 5.73. The lowest BCUT2D eigenvalue weighted by molar-refractivity contribution is 0.0983. The molecule has 1 saturated heterocycles. The zero-order chi connectivity index (χ0) is 15.1. The zero-order valence-electron chi connectivity index (χ0n) is 12.8. The molecular formula is C18H20O3S. The quantitative estimate of drug-likeness (QED) is 0.730. The van der Waals surface area contributed by atoms with E-state index in [9.17, 15) is 4.79 Å². The highest BCUT2D eigenvalue weighted by Crippen LogP contribution is 2.46. The highest BCUT2D eigenvalue weighted by Gasteiger charge is 2.38. The van der Waals surface area contributed by atoms with Gasteiger partial charge in [-0.2, -0.15) is 0 Å². The van der Waals surface area contributed by atoms with Crippen LogP contribution in [0.2, 0.25) is 0 Å². The minimum absolute atomic E-state index is 0.126. The van der Waals surface area contributed by atoms with Crippen molar-refractivity contribution in [3.8, 4) is 5.75 Å². The third-order valence-corrected chi connectivity index (χ3v) is 6.30. The number of ether oxygens (including phenoxy) is 2. The van der Waals surface area contributed by atoms with Gasteiger partial charge in [0, 0.05) is 21.9 Å². The second-order valence-corrected chi connectivity index (χ2v) is 7.39. The van der Waals surface area contributed by atoms with Gasteiger partial charge in [0.2, 0.25) is 0 Å². The van der Waals surface area contributed by atoms with E-state index in [1.54, 1.807) is 18.9 Å². The van der Waals surface area contributed by atoms with Crippen LogP contribution >= 0.6 is 11.8 Å². The number of benzene rings is 1. The Morgan fingerprint density at radius 3 is 2.91 bits per heavy atom. The molecule has 0 radical (unpaired) electrons. The third kappa shape index (κ3) is 2.24. The van der Waals surface area contributed by atoms with Crippen molar-refractivity contribution in [1.82, 2.24) is 0 Å². The molecule has 0 amide bonds. The van der Waals surface area contributed by atoms with E-state index >= 15 is 0 Å². The summed E-state index contributed by atoms with van der Waals surface area (Å²) in [6.07, 6.45) is 6.81. The molecule has 116 valence electrons. The summed E-state index contributed by atoms with van der Waals surface area (Å²) >= 11 is 1.79. The van der Waals surface area contributed by atoms with E-state index in [2.05, 4.69) is 0 Å². The molecular weight excluding hydrogens is 296 g/mol. The van der Waals surface area contributed by atoms with Crippen LogP contribution in [0.15, 0.2) is 28.9 Å². The van der Waals surface area contributed by atoms with Crippen molar-refractivity contribution in [2.24, 2.45) is 0 Å². The summed E-state index contributed by atoms with van der Waals surface area (Å²) in [7, 11) is 1.66. The molecule has 1 aromatic carbocycles. The lowest BCUT2D eigenvalue weighted by atomic mass is 9.87. The number of hydrogen-bond donors (Lipinski definition) is 0. The molecule has 0 spiro atoms. The molecule has 1 unspecified atom stereocenters. The van der Waals surface area contributed by atoms with Crippen molar-refractivity contribution >= 4 is 17.5 Å². The van der Waals surface area contributed by atoms with Crippen molar-refractivity contribution in [1.29, 1.82) is 0 Å². The van der Waals surface area contributed by atoms with Gasteiger partial charge in [-0.25, -0.2) is 0 Å². The van der Waals surface area contributed by atoms with Crippen LogP contribution in [-0.4, -0.2) is 24.2 Å². The van der Waals surface area contributed by atoms with Gasteiger partial charge in [-0.3, -0.25) is 4.79 Å². The minimum Gasteiger partial charge on any atom is -0.496 e. The molecule has 1 aliphatic heterocycles. The molecule has 2 fully saturated rings. The van der Waals surface area contributed by atoms with E-state index in [1.807, 2.05) is 18.2 Å². The first kappa shape index (κ1) is 14.2. The van der Waals surface area contributed by atoms with Crippen LogP contribution in [0.5, 0.6) is 5.75 Å². The van der Waals surface area contributed by atoms with Crippen LogP contribution in [0, 0.1) is 0 Å². The fraction of sp³-hybridized carbons (Fsp3) is 0.500. The summed E-state index contributed by atoms with van der Waals surface area (Å²) in [5, 5.41) is 1.45. The summed E-state index contributed by atoms with van der Waals surface area (Å²) in [6.45, 7) is 0. The highest BCUT2D eigenvalue weighted by molar-refractivity contribution is 8.03. The Morgan fingerprint density at radius 1 is 1.23 bits per heavy atom. The molecule has 0 bridgehead atoms. The number of rotatable bonds is 1. The number of carbonyl (C=O) groups excluding carboxylic acids is 1. The van der Waals surface area contributed by atoms with Crippen LogP contribution in [0.3, 0.4) is 0 Å². The minimum atomic E-state index is 0.126. The van der Waals surface area contributed by atoms with Gasteiger partial charge in [-0.15, -0.1) is 0 Å². The molecule has 3 nitrogen and oxygen atoms in total. The highest BCUT2D eigenvalue weighted by atomic mass is 32.2. The summed E-state index contributed by atoms with van der Waals surface area (Å²) < 4.78 is 11.5. The van der Waals surface area contributed by atoms with E-state index in [0.29, 0.717) is 11.4 Å². The van der Waals surface area contributed by atoms with Crippen LogP contribution in [0.4, 0.5) is 0 Å². The predicted molar refractivity (Wildman–Crippen MR) is 87.4 cm³/mol. The molecule has 0 aromatic heterocycles. The lowest BCUT2D eigenvalue weighted by Crippen LogP contribution is -2.23. The Hall–Kier alpha value is -1.42. The Bertz CT molecular complexity index is 634. The SMILES string of the molecule is COc1cccc2c1CC/C(=C1\OC3CCCC[C@@H]3S1)C2=O. The van der Waals surface area contributed by atoms with Crippen LogP contribution < -0.4 is 4.74 Å². The van der Waals surface area contributed by atoms with Gasteiger partial charge < -0.3 is 9.47 Å². The molecule has 4 rings (SSSR count). The number of fused-ring (bicyclic) bond motifs is 2. The van der Waals surface area contributed by atoms with Gasteiger partial charge in [-0.05, 0) is 38.2 Å². The summed E-state index contributed by atoms with van der Waals surface area (Å²) in [5.41, 5.74) is 2.70. The van der Waals surface area contributed by atoms with E-state index in [0.717, 1.165) is 46.8 Å². The first-order valence-electron chi connectivity index (χ1n) is 8.05. The first-order valence-corrected chi connectivity index (χ1v) is 8.93. The Kier molecular flexibility index (Phi) is 3.65. The molecule has 1 aromatic rings. The van der Waals surface area contributed by atoms with Crippen LogP contribution in [0.1, 0.15) is 48.0 Å². The number of carbonyl (C=O) groups is 1. The van der Waals surface area contributed by atoms with Gasteiger partial charge in [0.25, 0.3) is 0 Å². The molecule has 3 aliphatic rings.